The third kappa shape index (κ3) is 4.24. The molecule has 2 rings (SSSR count). The summed E-state index contributed by atoms with van der Waals surface area (Å²) in [4.78, 5) is 3.04. The van der Waals surface area contributed by atoms with Crippen LogP contribution in [0.25, 0.3) is 0 Å². The quantitative estimate of drug-likeness (QED) is 0.697. The highest BCUT2D eigenvalue weighted by atomic mass is 16.5. The second-order valence-electron chi connectivity index (χ2n) is 4.80. The fraction of sp³-hybridized carbons (Fsp3) is 0.375. The summed E-state index contributed by atoms with van der Waals surface area (Å²) in [6.07, 6.45) is 3.89. The van der Waals surface area contributed by atoms with Gasteiger partial charge < -0.3 is 24.9 Å². The molecule has 0 aliphatic rings. The summed E-state index contributed by atoms with van der Waals surface area (Å²) in [6.45, 7) is 3.15. The van der Waals surface area contributed by atoms with Crippen molar-refractivity contribution >= 4 is 0 Å². The van der Waals surface area contributed by atoms with E-state index >= 15 is 0 Å². The van der Waals surface area contributed by atoms with E-state index in [9.17, 15) is 0 Å². The molecule has 0 bridgehead atoms. The molecule has 1 unspecified atom stereocenters. The lowest BCUT2D eigenvalue weighted by molar-refractivity contribution is 0.196. The number of H-pyrrole nitrogens is 1. The van der Waals surface area contributed by atoms with Crippen molar-refractivity contribution in [3.8, 4) is 11.5 Å². The molecule has 5 heteroatoms. The molecule has 1 aromatic heterocycles. The number of aliphatic hydroxyl groups excluding tert-OH is 1. The Morgan fingerprint density at radius 2 is 2.14 bits per heavy atom. The number of aliphatic hydroxyl groups is 1. The van der Waals surface area contributed by atoms with Gasteiger partial charge in [-0.15, -0.1) is 0 Å². The normalized spacial score (nSPS) is 12.1. The van der Waals surface area contributed by atoms with Crippen LogP contribution in [-0.2, 0) is 6.54 Å². The van der Waals surface area contributed by atoms with E-state index in [2.05, 4.69) is 17.2 Å². The molecule has 114 valence electrons. The van der Waals surface area contributed by atoms with Crippen LogP contribution < -0.4 is 14.8 Å². The summed E-state index contributed by atoms with van der Waals surface area (Å²) in [5, 5.41) is 12.3. The minimum atomic E-state index is -0.0144. The summed E-state index contributed by atoms with van der Waals surface area (Å²) in [6, 6.07) is 8.08. The van der Waals surface area contributed by atoms with Crippen LogP contribution >= 0.6 is 0 Å². The number of nitrogens with one attached hydrogen (secondary N) is 2. The van der Waals surface area contributed by atoms with E-state index in [4.69, 9.17) is 14.6 Å². The van der Waals surface area contributed by atoms with Crippen molar-refractivity contribution in [1.82, 2.24) is 10.3 Å². The lowest BCUT2D eigenvalue weighted by Crippen LogP contribution is -2.17. The van der Waals surface area contributed by atoms with Crippen molar-refractivity contribution < 1.29 is 14.6 Å². The number of aromatic amines is 1. The van der Waals surface area contributed by atoms with Crippen LogP contribution in [0.3, 0.4) is 0 Å². The van der Waals surface area contributed by atoms with Crippen LogP contribution in [0.15, 0.2) is 36.7 Å². The fourth-order valence-corrected chi connectivity index (χ4v) is 2.09. The van der Waals surface area contributed by atoms with Crippen LogP contribution in [0.1, 0.15) is 24.1 Å². The minimum absolute atomic E-state index is 0.0144. The third-order valence-electron chi connectivity index (χ3n) is 3.31. The lowest BCUT2D eigenvalue weighted by atomic mass is 10.1. The van der Waals surface area contributed by atoms with Crippen molar-refractivity contribution in [2.45, 2.75) is 19.5 Å². The van der Waals surface area contributed by atoms with E-state index in [0.29, 0.717) is 11.5 Å². The average molecular weight is 290 g/mol. The zero-order valence-electron chi connectivity index (χ0n) is 12.4. The molecule has 5 nitrogen and oxygen atoms in total. The second kappa shape index (κ2) is 7.71. The molecule has 3 N–H and O–H groups in total. The number of rotatable bonds is 8. The Kier molecular flexibility index (Phi) is 5.66. The highest BCUT2D eigenvalue weighted by Gasteiger charge is 2.10. The zero-order chi connectivity index (χ0) is 15.1. The highest BCUT2D eigenvalue weighted by Crippen LogP contribution is 2.30. The van der Waals surface area contributed by atoms with Crippen LogP contribution in [-0.4, -0.2) is 30.4 Å². The Morgan fingerprint density at radius 3 is 2.81 bits per heavy atom. The molecule has 1 aromatic carbocycles. The molecule has 2 aromatic rings. The predicted molar refractivity (Wildman–Crippen MR) is 81.6 cm³/mol. The maximum Gasteiger partial charge on any atom is 0.161 e. The van der Waals surface area contributed by atoms with Gasteiger partial charge in [0, 0.05) is 25.0 Å². The van der Waals surface area contributed by atoms with Crippen molar-refractivity contribution in [2.24, 2.45) is 0 Å². The van der Waals surface area contributed by atoms with E-state index in [0.717, 1.165) is 12.1 Å². The van der Waals surface area contributed by atoms with Gasteiger partial charge in [-0.05, 0) is 36.2 Å². The maximum atomic E-state index is 8.82. The molecular weight excluding hydrogens is 268 g/mol. The lowest BCUT2D eigenvalue weighted by Gasteiger charge is -2.16. The maximum absolute atomic E-state index is 8.82. The Bertz CT molecular complexity index is 540. The molecule has 0 spiro atoms. The molecule has 0 aliphatic heterocycles. The van der Waals surface area contributed by atoms with Crippen LogP contribution in [0, 0.1) is 0 Å². The van der Waals surface area contributed by atoms with Crippen molar-refractivity contribution in [3.05, 3.63) is 47.8 Å². The zero-order valence-corrected chi connectivity index (χ0v) is 12.4. The monoisotopic (exact) mass is 290 g/mol. The first-order valence-electron chi connectivity index (χ1n) is 7.01. The number of hydrogen-bond donors (Lipinski definition) is 3. The molecule has 0 saturated carbocycles. The van der Waals surface area contributed by atoms with Crippen LogP contribution in [0.5, 0.6) is 11.5 Å². The Hall–Kier alpha value is -1.98. The van der Waals surface area contributed by atoms with E-state index in [1.54, 1.807) is 7.11 Å². The topological polar surface area (TPSA) is 66.5 Å². The van der Waals surface area contributed by atoms with Gasteiger partial charge in [-0.25, -0.2) is 0 Å². The summed E-state index contributed by atoms with van der Waals surface area (Å²) in [5.41, 5.74) is 2.34. The molecule has 21 heavy (non-hydrogen) atoms. The van der Waals surface area contributed by atoms with Gasteiger partial charge in [0.15, 0.2) is 11.5 Å². The van der Waals surface area contributed by atoms with E-state index in [1.165, 1.54) is 5.56 Å². The van der Waals surface area contributed by atoms with Gasteiger partial charge in [0.05, 0.1) is 13.7 Å². The summed E-state index contributed by atoms with van der Waals surface area (Å²) >= 11 is 0. The molecule has 0 amide bonds. The molecular formula is C16H22N2O3. The molecule has 1 atom stereocenters. The predicted octanol–water partition coefficient (Wildman–Crippen LogP) is 2.25. The number of hydrogen-bond acceptors (Lipinski definition) is 4. The van der Waals surface area contributed by atoms with Crippen LogP contribution in [0.2, 0.25) is 0 Å². The van der Waals surface area contributed by atoms with Crippen molar-refractivity contribution in [1.29, 1.82) is 0 Å². The third-order valence-corrected chi connectivity index (χ3v) is 3.31. The Labute approximate surface area is 124 Å². The van der Waals surface area contributed by atoms with E-state index in [1.807, 2.05) is 36.7 Å². The standard InChI is InChI=1S/C16H22N2O3/c1-12(18-11-13-5-6-17-10-13)14-3-4-15(21-8-7-19)16(9-14)20-2/h3-6,9-10,12,17-19H,7-8,11H2,1-2H3. The minimum Gasteiger partial charge on any atom is -0.493 e. The second-order valence-corrected chi connectivity index (χ2v) is 4.80. The summed E-state index contributed by atoms with van der Waals surface area (Å²) in [5.74, 6) is 1.32. The SMILES string of the molecule is COc1cc(C(C)NCc2cc[nH]c2)ccc1OCCO. The smallest absolute Gasteiger partial charge is 0.161 e. The van der Waals surface area contributed by atoms with Gasteiger partial charge >= 0.3 is 0 Å². The summed E-state index contributed by atoms with van der Waals surface area (Å²) in [7, 11) is 1.61. The molecule has 1 heterocycles. The van der Waals surface area contributed by atoms with Crippen molar-refractivity contribution in [3.63, 3.8) is 0 Å². The molecule has 0 radical (unpaired) electrons. The molecule has 0 aliphatic carbocycles. The number of aromatic nitrogens is 1. The number of methoxy groups -OCH3 is 1. The van der Waals surface area contributed by atoms with Crippen molar-refractivity contribution in [2.75, 3.05) is 20.3 Å². The van der Waals surface area contributed by atoms with Gasteiger partial charge in [-0.2, -0.15) is 0 Å². The number of benzene rings is 1. The van der Waals surface area contributed by atoms with Crippen LogP contribution in [0.4, 0.5) is 0 Å². The summed E-state index contributed by atoms with van der Waals surface area (Å²) < 4.78 is 10.8. The molecule has 0 fully saturated rings. The largest absolute Gasteiger partial charge is 0.493 e. The first kappa shape index (κ1) is 15.4. The average Bonchev–Trinajstić information content (AvgIpc) is 3.03. The first-order chi connectivity index (χ1) is 10.2. The van der Waals surface area contributed by atoms with Gasteiger partial charge in [0.25, 0.3) is 0 Å². The van der Waals surface area contributed by atoms with Gasteiger partial charge in [0.2, 0.25) is 0 Å². The van der Waals surface area contributed by atoms with Gasteiger partial charge in [0.1, 0.15) is 6.61 Å². The Balaban J connectivity index is 2.01. The first-order valence-corrected chi connectivity index (χ1v) is 7.01. The van der Waals surface area contributed by atoms with Gasteiger partial charge in [-0.3, -0.25) is 0 Å². The van der Waals surface area contributed by atoms with Gasteiger partial charge in [-0.1, -0.05) is 6.07 Å². The van der Waals surface area contributed by atoms with E-state index < -0.39 is 0 Å². The van der Waals surface area contributed by atoms with E-state index in [-0.39, 0.29) is 19.3 Å². The highest BCUT2D eigenvalue weighted by molar-refractivity contribution is 5.43. The molecule has 0 saturated heterocycles. The number of ether oxygens (including phenoxy) is 2. The fourth-order valence-electron chi connectivity index (χ4n) is 2.09. The Morgan fingerprint density at radius 1 is 1.29 bits per heavy atom.